The van der Waals surface area contributed by atoms with Gasteiger partial charge in [0, 0.05) is 75.5 Å². The van der Waals surface area contributed by atoms with Gasteiger partial charge in [0.1, 0.15) is 12.4 Å². The molecule has 0 unspecified atom stereocenters. The van der Waals surface area contributed by atoms with Crippen molar-refractivity contribution in [3.63, 3.8) is 0 Å². The summed E-state index contributed by atoms with van der Waals surface area (Å²) >= 11 is 4.64. The number of aromatic nitrogens is 2. The van der Waals surface area contributed by atoms with Crippen molar-refractivity contribution in [2.24, 2.45) is 22.4 Å². The lowest BCUT2D eigenvalue weighted by molar-refractivity contribution is -0.657. The van der Waals surface area contributed by atoms with Gasteiger partial charge in [0.25, 0.3) is 0 Å². The molecule has 1 fully saturated rings. The number of nitrogens with one attached hydrogen (secondary N) is 2. The zero-order valence-corrected chi connectivity index (χ0v) is 29.4. The molecule has 0 amide bonds. The van der Waals surface area contributed by atoms with Gasteiger partial charge < -0.3 is 20.0 Å². The third-order valence-electron chi connectivity index (χ3n) is 7.59. The molecule has 1 aliphatic rings. The Hall–Kier alpha value is -3.92. The molecule has 0 bridgehead atoms. The maximum Gasteiger partial charge on any atom is 0.421 e. The maximum atomic E-state index is 6.83. The Morgan fingerprint density at radius 3 is 2.33 bits per heavy atom. The number of benzene rings is 2. The predicted molar refractivity (Wildman–Crippen MR) is 193 cm³/mol. The summed E-state index contributed by atoms with van der Waals surface area (Å²) in [4.78, 5) is 6.55. The molecule has 0 aliphatic carbocycles. The summed E-state index contributed by atoms with van der Waals surface area (Å²) in [7, 11) is 6.03. The maximum absolute atomic E-state index is 6.83. The summed E-state index contributed by atoms with van der Waals surface area (Å²) < 4.78 is 4.19. The smallest absolute Gasteiger partial charge is 0.390 e. The Bertz CT molecular complexity index is 1250. The van der Waals surface area contributed by atoms with E-state index < -0.39 is 0 Å². The number of aryl methyl sites for hydroxylation is 2. The highest BCUT2D eigenvalue weighted by molar-refractivity contribution is 6.15. The monoisotopic (exact) mass is 651 g/mol. The second-order valence-electron chi connectivity index (χ2n) is 11.3. The van der Waals surface area contributed by atoms with Gasteiger partial charge in [0.05, 0.1) is 26.0 Å². The van der Waals surface area contributed by atoms with E-state index in [0.29, 0.717) is 6.67 Å². The van der Waals surface area contributed by atoms with Crippen LogP contribution in [-0.2, 0) is 13.6 Å². The molecule has 2 N–H and O–H groups in total. The lowest BCUT2D eigenvalue weighted by Crippen LogP contribution is -2.25. The number of para-hydroxylation sites is 1. The fourth-order valence-electron chi connectivity index (χ4n) is 5.06. The molecular formula is C35H56ClN10+. The summed E-state index contributed by atoms with van der Waals surface area (Å²) in [5.41, 5.74) is 10.3. The minimum absolute atomic E-state index is 0.391. The van der Waals surface area contributed by atoms with Crippen molar-refractivity contribution < 1.29 is 4.57 Å². The number of rotatable bonds is 17. The SMILES string of the molecule is CCCN(C)c1ccccc1.CCl.CN(/C=C\NCCCCCCn1cc[n+](C)c1N=Nc1ccc(N2CCCC2)cc1)CN=N. The minimum atomic E-state index is 0.391. The number of alkyl halides is 1. The van der Waals surface area contributed by atoms with Crippen molar-refractivity contribution >= 4 is 34.6 Å². The summed E-state index contributed by atoms with van der Waals surface area (Å²) in [5.74, 6) is 0.869. The average molecular weight is 652 g/mol. The van der Waals surface area contributed by atoms with Crippen LogP contribution in [0.5, 0.6) is 0 Å². The Morgan fingerprint density at radius 2 is 1.65 bits per heavy atom. The van der Waals surface area contributed by atoms with Crippen LogP contribution in [0.4, 0.5) is 23.0 Å². The van der Waals surface area contributed by atoms with Crippen molar-refractivity contribution in [1.29, 1.82) is 5.53 Å². The van der Waals surface area contributed by atoms with Crippen molar-refractivity contribution in [3.05, 3.63) is 79.4 Å². The first-order valence-electron chi connectivity index (χ1n) is 16.4. The highest BCUT2D eigenvalue weighted by Crippen LogP contribution is 2.24. The Kier molecular flexibility index (Phi) is 19.5. The molecule has 1 saturated heterocycles. The number of unbranched alkanes of at least 4 members (excludes halogenated alkanes) is 3. The van der Waals surface area contributed by atoms with E-state index in [1.54, 1.807) is 0 Å². The van der Waals surface area contributed by atoms with Gasteiger partial charge in [-0.25, -0.2) is 14.7 Å². The number of hydrogen-bond acceptors (Lipinski definition) is 8. The normalized spacial score (nSPS) is 12.4. The summed E-state index contributed by atoms with van der Waals surface area (Å²) in [6.07, 6.45) is 17.8. The molecule has 3 aromatic rings. The molecule has 252 valence electrons. The van der Waals surface area contributed by atoms with Crippen molar-refractivity contribution in [2.75, 3.05) is 63.1 Å². The third-order valence-corrected chi connectivity index (χ3v) is 7.59. The number of nitrogens with zero attached hydrogens (tertiary/aromatic N) is 8. The molecule has 0 atom stereocenters. The van der Waals surface area contributed by atoms with Crippen LogP contribution in [0, 0.1) is 5.53 Å². The molecule has 0 radical (unpaired) electrons. The van der Waals surface area contributed by atoms with Gasteiger partial charge in [-0.2, -0.15) is 5.11 Å². The van der Waals surface area contributed by atoms with E-state index in [0.717, 1.165) is 57.2 Å². The number of halogens is 1. The van der Waals surface area contributed by atoms with Crippen LogP contribution in [-0.4, -0.2) is 62.8 Å². The second kappa shape index (κ2) is 23.4. The van der Waals surface area contributed by atoms with Gasteiger partial charge in [-0.15, -0.1) is 11.6 Å². The van der Waals surface area contributed by atoms with Crippen LogP contribution in [0.25, 0.3) is 0 Å². The van der Waals surface area contributed by atoms with Crippen LogP contribution in [0.2, 0.25) is 0 Å². The molecule has 10 nitrogen and oxygen atoms in total. The van der Waals surface area contributed by atoms with Crippen LogP contribution in [0.3, 0.4) is 0 Å². The van der Waals surface area contributed by atoms with Crippen LogP contribution in [0.1, 0.15) is 51.9 Å². The van der Waals surface area contributed by atoms with Crippen molar-refractivity contribution in [3.8, 4) is 0 Å². The van der Waals surface area contributed by atoms with Crippen LogP contribution in [0.15, 0.2) is 94.7 Å². The molecule has 2 heterocycles. The minimum Gasteiger partial charge on any atom is -0.390 e. The zero-order chi connectivity index (χ0) is 33.4. The highest BCUT2D eigenvalue weighted by Gasteiger charge is 2.15. The van der Waals surface area contributed by atoms with Gasteiger partial charge in [-0.3, -0.25) is 0 Å². The molecule has 46 heavy (non-hydrogen) atoms. The van der Waals surface area contributed by atoms with Gasteiger partial charge in [0.2, 0.25) is 0 Å². The highest BCUT2D eigenvalue weighted by atomic mass is 35.5. The molecule has 11 heteroatoms. The van der Waals surface area contributed by atoms with Gasteiger partial charge >= 0.3 is 5.95 Å². The van der Waals surface area contributed by atoms with E-state index in [-0.39, 0.29) is 0 Å². The Balaban J connectivity index is 0.000000475. The van der Waals surface area contributed by atoms with E-state index in [1.165, 1.54) is 49.9 Å². The van der Waals surface area contributed by atoms with Crippen molar-refractivity contribution in [2.45, 2.75) is 58.4 Å². The lowest BCUT2D eigenvalue weighted by Gasteiger charge is -2.17. The van der Waals surface area contributed by atoms with Crippen LogP contribution >= 0.6 is 11.6 Å². The number of azo groups is 1. The zero-order valence-electron chi connectivity index (χ0n) is 28.7. The average Bonchev–Trinajstić information content (AvgIpc) is 3.75. The predicted octanol–water partition coefficient (Wildman–Crippen LogP) is 8.26. The number of hydrogen-bond donors (Lipinski definition) is 2. The Morgan fingerprint density at radius 1 is 0.957 bits per heavy atom. The molecule has 0 saturated carbocycles. The van der Waals surface area contributed by atoms with E-state index in [4.69, 9.17) is 5.53 Å². The molecule has 0 spiro atoms. The molecule has 2 aromatic carbocycles. The van der Waals surface area contributed by atoms with E-state index in [1.807, 2.05) is 48.2 Å². The van der Waals surface area contributed by atoms with Crippen LogP contribution < -0.4 is 19.7 Å². The van der Waals surface area contributed by atoms with Crippen molar-refractivity contribution in [1.82, 2.24) is 14.8 Å². The summed E-state index contributed by atoms with van der Waals surface area (Å²) in [6, 6.07) is 18.9. The standard InChI is InChI=1S/C24H38N9.C10H15N.CH3Cl/c1-30(21-27-25)18-14-26-13-5-3-4-6-17-33-20-19-31(2)24(33)29-28-22-9-11-23(12-10-22)32-15-7-8-16-32;1-3-9-11(2)10-7-5-4-6-8-10;1-2/h9-12,14,18-20,25-26H,3-8,13,15-17,21H2,1-2H3;4-8H,3,9H2,1-2H3;1H3/q+1;;/b18-14-,27-25?;;. The van der Waals surface area contributed by atoms with E-state index in [2.05, 4.69) is 115 Å². The van der Waals surface area contributed by atoms with Gasteiger partial charge in [-0.1, -0.05) is 43.1 Å². The largest absolute Gasteiger partial charge is 0.421 e. The Labute approximate surface area is 282 Å². The first-order chi connectivity index (χ1) is 22.5. The van der Waals surface area contributed by atoms with E-state index in [9.17, 15) is 0 Å². The van der Waals surface area contributed by atoms with Gasteiger partial charge in [0.15, 0.2) is 0 Å². The fourth-order valence-corrected chi connectivity index (χ4v) is 5.06. The summed E-state index contributed by atoms with van der Waals surface area (Å²) in [5, 5.41) is 15.6. The summed E-state index contributed by atoms with van der Waals surface area (Å²) in [6.45, 7) is 7.92. The topological polar surface area (TPSA) is 91.5 Å². The molecule has 1 aliphatic heterocycles. The first-order valence-corrected chi connectivity index (χ1v) is 17.2. The quantitative estimate of drug-likeness (QED) is 0.0665. The lowest BCUT2D eigenvalue weighted by atomic mass is 10.2. The van der Waals surface area contributed by atoms with E-state index >= 15 is 0 Å². The third kappa shape index (κ3) is 14.5. The van der Waals surface area contributed by atoms with Gasteiger partial charge in [-0.05, 0) is 68.5 Å². The fraction of sp³-hybridized carbons (Fsp3) is 0.514. The first kappa shape index (κ1) is 38.3. The molecular weight excluding hydrogens is 596 g/mol. The second-order valence-corrected chi connectivity index (χ2v) is 11.3. The number of anilines is 2. The number of imidazole rings is 1. The molecule has 4 rings (SSSR count). The molecule has 1 aromatic heterocycles.